The SMILES string of the molecule is CN(Cc1ccc(C(N)=O)cc1)C(=O)c1ccc(-c2ccccc2F)s1. The van der Waals surface area contributed by atoms with E-state index in [0.29, 0.717) is 27.4 Å². The fourth-order valence-electron chi connectivity index (χ4n) is 2.57. The zero-order chi connectivity index (χ0) is 18.7. The lowest BCUT2D eigenvalue weighted by Gasteiger charge is -2.16. The topological polar surface area (TPSA) is 63.4 Å². The number of rotatable bonds is 5. The minimum Gasteiger partial charge on any atom is -0.366 e. The molecule has 0 bridgehead atoms. The highest BCUT2D eigenvalue weighted by Gasteiger charge is 2.16. The molecule has 0 aliphatic rings. The van der Waals surface area contributed by atoms with Gasteiger partial charge in [0.15, 0.2) is 0 Å². The number of amides is 2. The number of carbonyl (C=O) groups excluding carboxylic acids is 2. The lowest BCUT2D eigenvalue weighted by molar-refractivity contribution is 0.0789. The molecule has 132 valence electrons. The first kappa shape index (κ1) is 17.8. The molecule has 0 radical (unpaired) electrons. The molecule has 2 amide bonds. The molecule has 6 heteroatoms. The first-order chi connectivity index (χ1) is 12.5. The van der Waals surface area contributed by atoms with Gasteiger partial charge in [-0.05, 0) is 35.9 Å². The third kappa shape index (κ3) is 3.81. The average Bonchev–Trinajstić information content (AvgIpc) is 3.11. The molecule has 0 unspecified atom stereocenters. The van der Waals surface area contributed by atoms with Crippen LogP contribution in [0.15, 0.2) is 60.7 Å². The monoisotopic (exact) mass is 368 g/mol. The van der Waals surface area contributed by atoms with Crippen molar-refractivity contribution < 1.29 is 14.0 Å². The zero-order valence-corrected chi connectivity index (χ0v) is 14.9. The standard InChI is InChI=1S/C20H17FN2O2S/c1-23(12-13-6-8-14(9-7-13)19(22)24)20(25)18-11-10-17(26-18)15-4-2-3-5-16(15)21/h2-11H,12H2,1H3,(H2,22,24). The Morgan fingerprint density at radius 3 is 2.38 bits per heavy atom. The fraction of sp³-hybridized carbons (Fsp3) is 0.100. The van der Waals surface area contributed by atoms with Gasteiger partial charge in [0, 0.05) is 29.6 Å². The Morgan fingerprint density at radius 1 is 1.04 bits per heavy atom. The Morgan fingerprint density at radius 2 is 1.73 bits per heavy atom. The normalized spacial score (nSPS) is 10.5. The van der Waals surface area contributed by atoms with Crippen molar-refractivity contribution in [3.05, 3.63) is 82.5 Å². The maximum Gasteiger partial charge on any atom is 0.263 e. The molecule has 3 rings (SSSR count). The average molecular weight is 368 g/mol. The van der Waals surface area contributed by atoms with Crippen molar-refractivity contribution in [1.29, 1.82) is 0 Å². The lowest BCUT2D eigenvalue weighted by atomic mass is 10.1. The molecule has 0 saturated carbocycles. The minimum absolute atomic E-state index is 0.142. The van der Waals surface area contributed by atoms with Crippen LogP contribution in [0.2, 0.25) is 0 Å². The van der Waals surface area contributed by atoms with Crippen molar-refractivity contribution in [1.82, 2.24) is 4.90 Å². The first-order valence-electron chi connectivity index (χ1n) is 7.94. The highest BCUT2D eigenvalue weighted by molar-refractivity contribution is 7.17. The molecule has 0 aliphatic heterocycles. The lowest BCUT2D eigenvalue weighted by Crippen LogP contribution is -2.25. The Hall–Kier alpha value is -2.99. The number of carbonyl (C=O) groups is 2. The van der Waals surface area contributed by atoms with Crippen molar-refractivity contribution in [3.8, 4) is 10.4 Å². The van der Waals surface area contributed by atoms with Gasteiger partial charge in [-0.3, -0.25) is 9.59 Å². The molecule has 26 heavy (non-hydrogen) atoms. The number of benzene rings is 2. The van der Waals surface area contributed by atoms with Gasteiger partial charge in [0.1, 0.15) is 5.82 Å². The molecule has 4 nitrogen and oxygen atoms in total. The number of hydrogen-bond donors (Lipinski definition) is 1. The van der Waals surface area contributed by atoms with Gasteiger partial charge in [0.05, 0.1) is 4.88 Å². The van der Waals surface area contributed by atoms with Crippen molar-refractivity contribution in [2.45, 2.75) is 6.54 Å². The summed E-state index contributed by atoms with van der Waals surface area (Å²) in [6.07, 6.45) is 0. The second-order valence-corrected chi connectivity index (χ2v) is 6.95. The van der Waals surface area contributed by atoms with E-state index in [0.717, 1.165) is 5.56 Å². The van der Waals surface area contributed by atoms with Crippen molar-refractivity contribution >= 4 is 23.2 Å². The smallest absolute Gasteiger partial charge is 0.263 e. The van der Waals surface area contributed by atoms with Crippen LogP contribution >= 0.6 is 11.3 Å². The summed E-state index contributed by atoms with van der Waals surface area (Å²) in [4.78, 5) is 26.6. The van der Waals surface area contributed by atoms with Crippen LogP contribution in [0.1, 0.15) is 25.6 Å². The molecule has 0 aliphatic carbocycles. The van der Waals surface area contributed by atoms with Gasteiger partial charge < -0.3 is 10.6 Å². The van der Waals surface area contributed by atoms with Crippen molar-refractivity contribution in [3.63, 3.8) is 0 Å². The van der Waals surface area contributed by atoms with Crippen LogP contribution in [0.5, 0.6) is 0 Å². The second-order valence-electron chi connectivity index (χ2n) is 5.87. The molecule has 1 aromatic heterocycles. The molecule has 2 N–H and O–H groups in total. The molecular weight excluding hydrogens is 351 g/mol. The summed E-state index contributed by atoms with van der Waals surface area (Å²) in [5.74, 6) is -0.937. The van der Waals surface area contributed by atoms with E-state index in [1.165, 1.54) is 17.4 Å². The summed E-state index contributed by atoms with van der Waals surface area (Å²) >= 11 is 1.26. The minimum atomic E-state index is -0.486. The number of primary amides is 1. The summed E-state index contributed by atoms with van der Waals surface area (Å²) in [6, 6.07) is 16.8. The Labute approximate surface area is 154 Å². The van der Waals surface area contributed by atoms with E-state index in [-0.39, 0.29) is 11.7 Å². The van der Waals surface area contributed by atoms with Gasteiger partial charge in [-0.2, -0.15) is 0 Å². The number of thiophene rings is 1. The Kier molecular flexibility index (Phi) is 5.14. The van der Waals surface area contributed by atoms with Gasteiger partial charge in [0.25, 0.3) is 5.91 Å². The highest BCUT2D eigenvalue weighted by Crippen LogP contribution is 2.30. The predicted octanol–water partition coefficient (Wildman–Crippen LogP) is 3.93. The van der Waals surface area contributed by atoms with E-state index < -0.39 is 5.91 Å². The van der Waals surface area contributed by atoms with E-state index in [1.807, 2.05) is 0 Å². The Balaban J connectivity index is 1.73. The second kappa shape index (κ2) is 7.49. The van der Waals surface area contributed by atoms with Crippen LogP contribution < -0.4 is 5.73 Å². The van der Waals surface area contributed by atoms with Crippen molar-refractivity contribution in [2.75, 3.05) is 7.05 Å². The predicted molar refractivity (Wildman–Crippen MR) is 100 cm³/mol. The van der Waals surface area contributed by atoms with Gasteiger partial charge >= 0.3 is 0 Å². The third-order valence-electron chi connectivity index (χ3n) is 3.96. The maximum atomic E-state index is 13.9. The number of hydrogen-bond acceptors (Lipinski definition) is 3. The van der Waals surface area contributed by atoms with Gasteiger partial charge in [-0.25, -0.2) is 4.39 Å². The van der Waals surface area contributed by atoms with Crippen LogP contribution in [0.25, 0.3) is 10.4 Å². The molecule has 0 saturated heterocycles. The van der Waals surface area contributed by atoms with E-state index in [1.54, 1.807) is 66.5 Å². The highest BCUT2D eigenvalue weighted by atomic mass is 32.1. The quantitative estimate of drug-likeness (QED) is 0.742. The molecule has 0 atom stereocenters. The molecule has 3 aromatic rings. The van der Waals surface area contributed by atoms with E-state index in [4.69, 9.17) is 5.73 Å². The third-order valence-corrected chi connectivity index (χ3v) is 5.07. The maximum absolute atomic E-state index is 13.9. The van der Waals surface area contributed by atoms with Gasteiger partial charge in [-0.1, -0.05) is 30.3 Å². The van der Waals surface area contributed by atoms with E-state index in [9.17, 15) is 14.0 Å². The zero-order valence-electron chi connectivity index (χ0n) is 14.1. The van der Waals surface area contributed by atoms with Crippen LogP contribution in [0.4, 0.5) is 4.39 Å². The molecule has 0 spiro atoms. The summed E-state index contributed by atoms with van der Waals surface area (Å²) in [5, 5.41) is 0. The van der Waals surface area contributed by atoms with Gasteiger partial charge in [-0.15, -0.1) is 11.3 Å². The van der Waals surface area contributed by atoms with Crippen LogP contribution in [-0.2, 0) is 6.54 Å². The molecular formula is C20H17FN2O2S. The summed E-state index contributed by atoms with van der Waals surface area (Å²) in [7, 11) is 1.70. The van der Waals surface area contributed by atoms with Crippen LogP contribution in [0.3, 0.4) is 0 Å². The Bertz CT molecular complexity index is 950. The number of halogens is 1. The van der Waals surface area contributed by atoms with Gasteiger partial charge in [0.2, 0.25) is 5.91 Å². The van der Waals surface area contributed by atoms with Crippen LogP contribution in [0, 0.1) is 5.82 Å². The van der Waals surface area contributed by atoms with E-state index in [2.05, 4.69) is 0 Å². The van der Waals surface area contributed by atoms with E-state index >= 15 is 0 Å². The van der Waals surface area contributed by atoms with Crippen molar-refractivity contribution in [2.24, 2.45) is 5.73 Å². The van der Waals surface area contributed by atoms with Crippen LogP contribution in [-0.4, -0.2) is 23.8 Å². The summed E-state index contributed by atoms with van der Waals surface area (Å²) < 4.78 is 13.9. The number of nitrogens with two attached hydrogens (primary N) is 1. The largest absolute Gasteiger partial charge is 0.366 e. The summed E-state index contributed by atoms with van der Waals surface area (Å²) in [6.45, 7) is 0.394. The molecule has 0 fully saturated rings. The first-order valence-corrected chi connectivity index (χ1v) is 8.76. The fourth-order valence-corrected chi connectivity index (χ4v) is 3.59. The summed E-state index contributed by atoms with van der Waals surface area (Å²) in [5.41, 5.74) is 7.02. The molecule has 1 heterocycles. The number of nitrogens with zero attached hydrogens (tertiary/aromatic N) is 1. The molecule has 2 aromatic carbocycles.